The number of hydrogen-bond donors (Lipinski definition) is 1. The van der Waals surface area contributed by atoms with Crippen LogP contribution >= 0.6 is 0 Å². The summed E-state index contributed by atoms with van der Waals surface area (Å²) in [6.45, 7) is 5.15. The molecule has 0 saturated heterocycles. The minimum Gasteiger partial charge on any atom is -0.363 e. The maximum Gasteiger partial charge on any atom is 0.148 e. The molecule has 2 aromatic heterocycles. The first kappa shape index (κ1) is 11.8. The Morgan fingerprint density at radius 1 is 1.35 bits per heavy atom. The topological polar surface area (TPSA) is 34.8 Å². The second-order valence-electron chi connectivity index (χ2n) is 4.40. The van der Waals surface area contributed by atoms with Gasteiger partial charge in [0, 0.05) is 37.2 Å². The molecule has 4 heteroatoms. The van der Waals surface area contributed by atoms with Gasteiger partial charge in [0.05, 0.1) is 6.54 Å². The lowest BCUT2D eigenvalue weighted by atomic mass is 10.3. The van der Waals surface area contributed by atoms with Crippen molar-refractivity contribution in [3.8, 4) is 0 Å². The van der Waals surface area contributed by atoms with Crippen molar-refractivity contribution in [1.29, 1.82) is 0 Å². The maximum absolute atomic E-state index is 4.51. The molecule has 4 nitrogen and oxygen atoms in total. The summed E-state index contributed by atoms with van der Waals surface area (Å²) in [5.41, 5.74) is 1.25. The molecule has 0 saturated carbocycles. The molecule has 0 aliphatic heterocycles. The van der Waals surface area contributed by atoms with Gasteiger partial charge in [0.15, 0.2) is 0 Å². The highest BCUT2D eigenvalue weighted by Crippen LogP contribution is 2.12. The molecule has 0 fully saturated rings. The largest absolute Gasteiger partial charge is 0.363 e. The minimum absolute atomic E-state index is 0.459. The fraction of sp³-hybridized carbons (Fsp3) is 0.462. The van der Waals surface area contributed by atoms with E-state index >= 15 is 0 Å². The van der Waals surface area contributed by atoms with E-state index in [4.69, 9.17) is 0 Å². The van der Waals surface area contributed by atoms with Crippen LogP contribution < -0.4 is 5.32 Å². The molecule has 0 amide bonds. The van der Waals surface area contributed by atoms with Crippen molar-refractivity contribution in [3.63, 3.8) is 0 Å². The van der Waals surface area contributed by atoms with Gasteiger partial charge in [0.25, 0.3) is 0 Å². The fourth-order valence-corrected chi connectivity index (χ4v) is 1.73. The lowest BCUT2D eigenvalue weighted by Crippen LogP contribution is -2.07. The van der Waals surface area contributed by atoms with Gasteiger partial charge in [-0.1, -0.05) is 6.92 Å². The number of nitrogens with one attached hydrogen (secondary N) is 1. The van der Waals surface area contributed by atoms with E-state index < -0.39 is 0 Å². The summed E-state index contributed by atoms with van der Waals surface area (Å²) in [4.78, 5) is 0. The van der Waals surface area contributed by atoms with Gasteiger partial charge in [0.1, 0.15) is 5.82 Å². The Morgan fingerprint density at radius 2 is 2.18 bits per heavy atom. The van der Waals surface area contributed by atoms with Crippen molar-refractivity contribution < 1.29 is 0 Å². The molecule has 1 atom stereocenters. The third-order valence-electron chi connectivity index (χ3n) is 3.15. The molecule has 0 aliphatic rings. The van der Waals surface area contributed by atoms with Gasteiger partial charge in [-0.2, -0.15) is 5.10 Å². The van der Waals surface area contributed by atoms with Crippen molar-refractivity contribution in [3.05, 3.63) is 36.3 Å². The van der Waals surface area contributed by atoms with Crippen LogP contribution in [0.5, 0.6) is 0 Å². The predicted molar refractivity (Wildman–Crippen MR) is 70.0 cm³/mol. The molecule has 0 bridgehead atoms. The van der Waals surface area contributed by atoms with Gasteiger partial charge in [-0.15, -0.1) is 0 Å². The molecule has 2 aromatic rings. The minimum atomic E-state index is 0.459. The fourth-order valence-electron chi connectivity index (χ4n) is 1.73. The average molecular weight is 232 g/mol. The van der Waals surface area contributed by atoms with Gasteiger partial charge < -0.3 is 9.88 Å². The standard InChI is InChI=1S/C13H20N4/c1-4-11(2)17-9-7-13(15-17)14-10-12-6-5-8-16(12)3/h5-9,11H,4,10H2,1-3H3,(H,14,15)/t11-/m1/s1. The summed E-state index contributed by atoms with van der Waals surface area (Å²) >= 11 is 0. The van der Waals surface area contributed by atoms with Crippen molar-refractivity contribution in [1.82, 2.24) is 14.3 Å². The number of anilines is 1. The van der Waals surface area contributed by atoms with Crippen LogP contribution in [0.15, 0.2) is 30.6 Å². The van der Waals surface area contributed by atoms with E-state index in [0.29, 0.717) is 6.04 Å². The van der Waals surface area contributed by atoms with Gasteiger partial charge >= 0.3 is 0 Å². The van der Waals surface area contributed by atoms with Gasteiger partial charge in [-0.3, -0.25) is 4.68 Å². The summed E-state index contributed by atoms with van der Waals surface area (Å²) in [5, 5.41) is 7.84. The number of aryl methyl sites for hydroxylation is 1. The third kappa shape index (κ3) is 2.70. The zero-order valence-corrected chi connectivity index (χ0v) is 10.7. The molecular weight excluding hydrogens is 212 g/mol. The van der Waals surface area contributed by atoms with Gasteiger partial charge in [0.2, 0.25) is 0 Å². The zero-order valence-electron chi connectivity index (χ0n) is 10.7. The Labute approximate surface area is 102 Å². The summed E-state index contributed by atoms with van der Waals surface area (Å²) in [7, 11) is 2.05. The van der Waals surface area contributed by atoms with Crippen molar-refractivity contribution in [2.45, 2.75) is 32.9 Å². The van der Waals surface area contributed by atoms with E-state index in [1.807, 2.05) is 16.9 Å². The molecule has 0 aliphatic carbocycles. The lowest BCUT2D eigenvalue weighted by molar-refractivity contribution is 0.479. The number of nitrogens with zero attached hydrogens (tertiary/aromatic N) is 3. The Kier molecular flexibility index (Phi) is 3.52. The molecule has 2 heterocycles. The molecule has 0 radical (unpaired) electrons. The van der Waals surface area contributed by atoms with E-state index in [0.717, 1.165) is 18.8 Å². The maximum atomic E-state index is 4.51. The van der Waals surface area contributed by atoms with Crippen LogP contribution in [0.3, 0.4) is 0 Å². The number of rotatable bonds is 5. The first-order chi connectivity index (χ1) is 8.20. The molecule has 1 N–H and O–H groups in total. The Balaban J connectivity index is 1.96. The van der Waals surface area contributed by atoms with Crippen LogP contribution in [0.1, 0.15) is 32.0 Å². The zero-order chi connectivity index (χ0) is 12.3. The van der Waals surface area contributed by atoms with Crippen LogP contribution in [-0.2, 0) is 13.6 Å². The highest BCUT2D eigenvalue weighted by atomic mass is 15.3. The third-order valence-corrected chi connectivity index (χ3v) is 3.15. The Morgan fingerprint density at radius 3 is 2.82 bits per heavy atom. The molecule has 0 aromatic carbocycles. The smallest absolute Gasteiger partial charge is 0.148 e. The number of hydrogen-bond acceptors (Lipinski definition) is 2. The highest BCUT2D eigenvalue weighted by Gasteiger charge is 2.04. The summed E-state index contributed by atoms with van der Waals surface area (Å²) in [6.07, 6.45) is 5.18. The first-order valence-electron chi connectivity index (χ1n) is 6.10. The van der Waals surface area contributed by atoms with Crippen LogP contribution in [-0.4, -0.2) is 14.3 Å². The molecule has 17 heavy (non-hydrogen) atoms. The monoisotopic (exact) mass is 232 g/mol. The Bertz CT molecular complexity index is 469. The van der Waals surface area contributed by atoms with Crippen molar-refractivity contribution in [2.75, 3.05) is 5.32 Å². The van der Waals surface area contributed by atoms with E-state index in [9.17, 15) is 0 Å². The quantitative estimate of drug-likeness (QED) is 0.860. The first-order valence-corrected chi connectivity index (χ1v) is 6.10. The molecule has 92 valence electrons. The van der Waals surface area contributed by atoms with E-state index in [1.165, 1.54) is 5.69 Å². The van der Waals surface area contributed by atoms with E-state index in [2.05, 4.69) is 54.2 Å². The normalized spacial score (nSPS) is 12.6. The summed E-state index contributed by atoms with van der Waals surface area (Å²) in [5.74, 6) is 0.937. The van der Waals surface area contributed by atoms with Crippen LogP contribution in [0.2, 0.25) is 0 Å². The van der Waals surface area contributed by atoms with Crippen LogP contribution in [0, 0.1) is 0 Å². The van der Waals surface area contributed by atoms with Crippen LogP contribution in [0.4, 0.5) is 5.82 Å². The molecule has 2 rings (SSSR count). The van der Waals surface area contributed by atoms with E-state index in [1.54, 1.807) is 0 Å². The van der Waals surface area contributed by atoms with Crippen LogP contribution in [0.25, 0.3) is 0 Å². The van der Waals surface area contributed by atoms with Crippen molar-refractivity contribution >= 4 is 5.82 Å². The molecule has 0 spiro atoms. The van der Waals surface area contributed by atoms with E-state index in [-0.39, 0.29) is 0 Å². The number of aromatic nitrogens is 3. The summed E-state index contributed by atoms with van der Waals surface area (Å²) < 4.78 is 4.12. The molecular formula is C13H20N4. The lowest BCUT2D eigenvalue weighted by Gasteiger charge is -2.08. The Hall–Kier alpha value is -1.71. The van der Waals surface area contributed by atoms with Gasteiger partial charge in [-0.25, -0.2) is 0 Å². The average Bonchev–Trinajstić information content (AvgIpc) is 2.94. The second kappa shape index (κ2) is 5.08. The second-order valence-corrected chi connectivity index (χ2v) is 4.40. The molecule has 0 unspecified atom stereocenters. The van der Waals surface area contributed by atoms with Crippen molar-refractivity contribution in [2.24, 2.45) is 7.05 Å². The highest BCUT2D eigenvalue weighted by molar-refractivity contribution is 5.33. The predicted octanol–water partition coefficient (Wildman–Crippen LogP) is 2.80. The van der Waals surface area contributed by atoms with Gasteiger partial charge in [-0.05, 0) is 25.5 Å². The summed E-state index contributed by atoms with van der Waals surface area (Å²) in [6, 6.07) is 6.64. The SMILES string of the molecule is CC[C@@H](C)n1ccc(NCc2cccn2C)n1.